The maximum atomic E-state index is 11.6. The van der Waals surface area contributed by atoms with Crippen LogP contribution in [-0.4, -0.2) is 28.7 Å². The van der Waals surface area contributed by atoms with Gasteiger partial charge in [0, 0.05) is 18.4 Å². The van der Waals surface area contributed by atoms with Gasteiger partial charge in [0.05, 0.1) is 17.9 Å². The van der Waals surface area contributed by atoms with Crippen LogP contribution < -0.4 is 10.1 Å². The molecular weight excluding hydrogens is 428 g/mol. The monoisotopic (exact) mass is 456 g/mol. The van der Waals surface area contributed by atoms with E-state index in [0.717, 1.165) is 22.6 Å². The van der Waals surface area contributed by atoms with Crippen LogP contribution in [0.3, 0.4) is 0 Å². The first-order valence-electron chi connectivity index (χ1n) is 11.0. The first kappa shape index (κ1) is 24.4. The summed E-state index contributed by atoms with van der Waals surface area (Å²) in [6.07, 6.45) is 5.70. The molecule has 174 valence electrons. The predicted octanol–water partition coefficient (Wildman–Crippen LogP) is 4.93. The number of rotatable bonds is 11. The summed E-state index contributed by atoms with van der Waals surface area (Å²) in [5.74, 6) is 7.03. The van der Waals surface area contributed by atoms with Gasteiger partial charge in [-0.2, -0.15) is 0 Å². The average Bonchev–Trinajstić information content (AvgIpc) is 3.21. The van der Waals surface area contributed by atoms with E-state index in [0.29, 0.717) is 36.7 Å². The molecule has 34 heavy (non-hydrogen) atoms. The van der Waals surface area contributed by atoms with E-state index < -0.39 is 12.0 Å². The van der Waals surface area contributed by atoms with E-state index in [1.165, 1.54) is 0 Å². The number of ether oxygens (including phenoxy) is 1. The van der Waals surface area contributed by atoms with Crippen molar-refractivity contribution in [2.24, 2.45) is 0 Å². The third-order valence-corrected chi connectivity index (χ3v) is 5.08. The van der Waals surface area contributed by atoms with E-state index in [2.05, 4.69) is 28.7 Å². The van der Waals surface area contributed by atoms with Crippen molar-refractivity contribution in [1.82, 2.24) is 10.3 Å². The number of allylic oxidation sites excluding steroid dienone is 2. The quantitative estimate of drug-likeness (QED) is 0.314. The van der Waals surface area contributed by atoms with Gasteiger partial charge in [-0.15, -0.1) is 5.92 Å². The zero-order valence-corrected chi connectivity index (χ0v) is 19.4. The largest absolute Gasteiger partial charge is 0.492 e. The van der Waals surface area contributed by atoms with E-state index in [-0.39, 0.29) is 0 Å². The molecule has 0 aliphatic heterocycles. The summed E-state index contributed by atoms with van der Waals surface area (Å²) in [4.78, 5) is 16.2. The van der Waals surface area contributed by atoms with Gasteiger partial charge >= 0.3 is 5.97 Å². The second kappa shape index (κ2) is 12.1. The predicted molar refractivity (Wildman–Crippen MR) is 132 cm³/mol. The van der Waals surface area contributed by atoms with E-state index in [1.54, 1.807) is 25.3 Å². The molecule has 1 heterocycles. The number of carbonyl (C=O) groups is 1. The number of carboxylic acids is 1. The van der Waals surface area contributed by atoms with Crippen LogP contribution in [0.25, 0.3) is 11.5 Å². The molecular formula is C28H28N2O4. The van der Waals surface area contributed by atoms with Crippen molar-refractivity contribution in [3.05, 3.63) is 96.0 Å². The zero-order chi connectivity index (χ0) is 24.3. The Bertz CT molecular complexity index is 1220. The van der Waals surface area contributed by atoms with Gasteiger partial charge in [0.15, 0.2) is 0 Å². The van der Waals surface area contributed by atoms with E-state index in [9.17, 15) is 9.90 Å². The van der Waals surface area contributed by atoms with E-state index in [1.807, 2.05) is 55.5 Å². The molecule has 0 radical (unpaired) electrons. The van der Waals surface area contributed by atoms with Crippen LogP contribution in [-0.2, 0) is 17.6 Å². The third kappa shape index (κ3) is 6.63. The molecule has 2 N–H and O–H groups in total. The van der Waals surface area contributed by atoms with Crippen molar-refractivity contribution < 1.29 is 19.1 Å². The fourth-order valence-corrected chi connectivity index (χ4v) is 3.38. The minimum atomic E-state index is -0.935. The highest BCUT2D eigenvalue weighted by Gasteiger charge is 2.17. The minimum Gasteiger partial charge on any atom is -0.492 e. The molecule has 6 nitrogen and oxygen atoms in total. The van der Waals surface area contributed by atoms with Crippen LogP contribution in [0.15, 0.2) is 77.9 Å². The molecule has 0 aliphatic rings. The summed E-state index contributed by atoms with van der Waals surface area (Å²) in [5.41, 5.74) is 3.34. The number of aliphatic carboxylic acids is 1. The van der Waals surface area contributed by atoms with Crippen molar-refractivity contribution in [1.29, 1.82) is 0 Å². The van der Waals surface area contributed by atoms with Crippen molar-refractivity contribution in [3.63, 3.8) is 0 Å². The summed E-state index contributed by atoms with van der Waals surface area (Å²) in [5, 5.41) is 12.4. The summed E-state index contributed by atoms with van der Waals surface area (Å²) in [6.45, 7) is 7.64. The molecule has 0 amide bonds. The third-order valence-electron chi connectivity index (χ3n) is 5.08. The molecule has 0 saturated heterocycles. The first-order valence-corrected chi connectivity index (χ1v) is 11.0. The number of aromatic nitrogens is 1. The molecule has 0 spiro atoms. The Kier molecular flexibility index (Phi) is 8.70. The molecule has 3 rings (SSSR count). The Morgan fingerprint density at radius 1 is 1.29 bits per heavy atom. The molecule has 3 aromatic rings. The van der Waals surface area contributed by atoms with Gasteiger partial charge in [0.2, 0.25) is 5.89 Å². The lowest BCUT2D eigenvalue weighted by atomic mass is 10.0. The van der Waals surface area contributed by atoms with Crippen molar-refractivity contribution in [2.75, 3.05) is 6.61 Å². The number of nitrogens with one attached hydrogen (secondary N) is 1. The minimum absolute atomic E-state index is 0.301. The lowest BCUT2D eigenvalue weighted by Gasteiger charge is -2.14. The summed E-state index contributed by atoms with van der Waals surface area (Å²) < 4.78 is 11.8. The number of hydrogen-bond acceptors (Lipinski definition) is 5. The normalized spacial score (nSPS) is 11.5. The lowest BCUT2D eigenvalue weighted by Crippen LogP contribution is -2.35. The number of hydrogen-bond donors (Lipinski definition) is 2. The first-order chi connectivity index (χ1) is 16.5. The van der Waals surface area contributed by atoms with Gasteiger partial charge in [-0.05, 0) is 56.0 Å². The number of nitrogens with zero attached hydrogens (tertiary/aromatic N) is 1. The van der Waals surface area contributed by atoms with Gasteiger partial charge in [-0.25, -0.2) is 9.78 Å². The molecule has 1 atom stereocenters. The number of aryl methyl sites for hydroxylation is 1. The molecule has 1 aromatic heterocycles. The molecule has 6 heteroatoms. The average molecular weight is 457 g/mol. The molecule has 2 aromatic carbocycles. The van der Waals surface area contributed by atoms with E-state index >= 15 is 0 Å². The second-order valence-electron chi connectivity index (χ2n) is 7.55. The number of oxazole rings is 1. The fraction of sp³-hybridized carbons (Fsp3) is 0.214. The molecule has 0 fully saturated rings. The van der Waals surface area contributed by atoms with Gasteiger partial charge in [0.25, 0.3) is 0 Å². The zero-order valence-electron chi connectivity index (χ0n) is 19.4. The van der Waals surface area contributed by atoms with Crippen LogP contribution in [0, 0.1) is 18.8 Å². The SMILES string of the molecule is C=C/C=C\NC(Cc1ccc(OCCc2nc(-c3ccccc3)oc2C)c(C#CC)c1)C(=O)O. The summed E-state index contributed by atoms with van der Waals surface area (Å²) >= 11 is 0. The highest BCUT2D eigenvalue weighted by Crippen LogP contribution is 2.23. The van der Waals surface area contributed by atoms with Gasteiger partial charge in [-0.1, -0.05) is 42.8 Å². The highest BCUT2D eigenvalue weighted by atomic mass is 16.5. The highest BCUT2D eigenvalue weighted by molar-refractivity contribution is 5.74. The van der Waals surface area contributed by atoms with Gasteiger partial charge < -0.3 is 19.6 Å². The van der Waals surface area contributed by atoms with Crippen LogP contribution in [0.4, 0.5) is 0 Å². The Morgan fingerprint density at radius 2 is 2.09 bits per heavy atom. The van der Waals surface area contributed by atoms with E-state index in [4.69, 9.17) is 9.15 Å². The molecule has 0 saturated carbocycles. The second-order valence-corrected chi connectivity index (χ2v) is 7.55. The smallest absolute Gasteiger partial charge is 0.326 e. The van der Waals surface area contributed by atoms with Crippen molar-refractivity contribution in [2.45, 2.75) is 32.7 Å². The van der Waals surface area contributed by atoms with Crippen molar-refractivity contribution in [3.8, 4) is 29.0 Å². The Labute approximate surface area is 200 Å². The topological polar surface area (TPSA) is 84.6 Å². The Morgan fingerprint density at radius 3 is 2.79 bits per heavy atom. The molecule has 0 bridgehead atoms. The van der Waals surface area contributed by atoms with Crippen LogP contribution in [0.1, 0.15) is 29.5 Å². The molecule has 1 unspecified atom stereocenters. The van der Waals surface area contributed by atoms with Gasteiger partial charge in [0.1, 0.15) is 17.6 Å². The summed E-state index contributed by atoms with van der Waals surface area (Å²) in [7, 11) is 0. The number of carboxylic acid groups (broad SMARTS) is 1. The van der Waals surface area contributed by atoms with Crippen LogP contribution in [0.2, 0.25) is 0 Å². The standard InChI is InChI=1S/C28H28N2O4/c1-4-6-16-29-25(28(31)32)19-21-13-14-26(23(18-21)10-5-2)33-17-15-24-20(3)34-27(30-24)22-11-8-7-9-12-22/h4,6-9,11-14,16,18,25,29H,1,15,17,19H2,2-3H3,(H,31,32)/b16-6-. The Balaban J connectivity index is 1.67. The molecule has 0 aliphatic carbocycles. The maximum Gasteiger partial charge on any atom is 0.326 e. The van der Waals surface area contributed by atoms with Crippen LogP contribution in [0.5, 0.6) is 5.75 Å². The summed E-state index contributed by atoms with van der Waals surface area (Å²) in [6, 6.07) is 14.6. The lowest BCUT2D eigenvalue weighted by molar-refractivity contribution is -0.139. The fourth-order valence-electron chi connectivity index (χ4n) is 3.38. The maximum absolute atomic E-state index is 11.6. The number of benzene rings is 2. The Hall–Kier alpha value is -4.24. The van der Waals surface area contributed by atoms with Crippen molar-refractivity contribution >= 4 is 5.97 Å². The van der Waals surface area contributed by atoms with Gasteiger partial charge in [-0.3, -0.25) is 0 Å². The van der Waals surface area contributed by atoms with Crippen LogP contribution >= 0.6 is 0 Å².